The molecule has 0 bridgehead atoms. The highest BCUT2D eigenvalue weighted by Gasteiger charge is 2.20. The Morgan fingerprint density at radius 1 is 1.32 bits per heavy atom. The quantitative estimate of drug-likeness (QED) is 0.846. The number of methoxy groups -OCH3 is 1. The molecule has 2 aromatic rings. The first-order chi connectivity index (χ1) is 9.06. The van der Waals surface area contributed by atoms with Gasteiger partial charge in [-0.3, -0.25) is 0 Å². The highest BCUT2D eigenvalue weighted by atomic mass is 19.2. The van der Waals surface area contributed by atoms with Gasteiger partial charge in [-0.15, -0.1) is 0 Å². The van der Waals surface area contributed by atoms with Crippen molar-refractivity contribution in [1.29, 1.82) is 0 Å². The normalized spacial score (nSPS) is 10.3. The van der Waals surface area contributed by atoms with E-state index in [-0.39, 0.29) is 22.5 Å². The molecule has 2 rings (SSSR count). The summed E-state index contributed by atoms with van der Waals surface area (Å²) in [5.41, 5.74) is 5.57. The van der Waals surface area contributed by atoms with E-state index in [1.54, 1.807) is 0 Å². The van der Waals surface area contributed by atoms with Gasteiger partial charge >= 0.3 is 5.97 Å². The number of anilines is 1. The van der Waals surface area contributed by atoms with E-state index in [4.69, 9.17) is 5.73 Å². The molecule has 1 aromatic carbocycles. The highest BCUT2D eigenvalue weighted by molar-refractivity contribution is 6.00. The fourth-order valence-electron chi connectivity index (χ4n) is 1.74. The third-order valence-corrected chi connectivity index (χ3v) is 2.61. The average Bonchev–Trinajstić information content (AvgIpc) is 2.41. The molecule has 0 fully saturated rings. The van der Waals surface area contributed by atoms with Crippen molar-refractivity contribution in [2.75, 3.05) is 12.8 Å². The molecule has 0 aliphatic carbocycles. The smallest absolute Gasteiger partial charge is 0.338 e. The number of benzene rings is 1. The summed E-state index contributed by atoms with van der Waals surface area (Å²) in [6, 6.07) is 4.95. The summed E-state index contributed by atoms with van der Waals surface area (Å²) in [6.45, 7) is 0. The Bertz CT molecular complexity index is 645. The summed E-state index contributed by atoms with van der Waals surface area (Å²) >= 11 is 0. The molecule has 0 unspecified atom stereocenters. The Morgan fingerprint density at radius 3 is 2.74 bits per heavy atom. The van der Waals surface area contributed by atoms with Gasteiger partial charge in [0, 0.05) is 17.3 Å². The monoisotopic (exact) mass is 264 g/mol. The summed E-state index contributed by atoms with van der Waals surface area (Å²) in [5.74, 6) is -2.90. The predicted molar refractivity (Wildman–Crippen MR) is 65.3 cm³/mol. The maximum absolute atomic E-state index is 13.8. The van der Waals surface area contributed by atoms with Crippen LogP contribution in [0.25, 0.3) is 11.1 Å². The number of nitrogens with two attached hydrogens (primary N) is 1. The second-order valence-corrected chi connectivity index (χ2v) is 3.71. The lowest BCUT2D eigenvalue weighted by Gasteiger charge is -2.11. The summed E-state index contributed by atoms with van der Waals surface area (Å²) in [4.78, 5) is 15.4. The molecule has 0 aliphatic heterocycles. The zero-order chi connectivity index (χ0) is 14.0. The summed E-state index contributed by atoms with van der Waals surface area (Å²) in [7, 11) is 1.19. The van der Waals surface area contributed by atoms with Crippen molar-refractivity contribution >= 4 is 11.8 Å². The number of esters is 1. The molecule has 2 N–H and O–H groups in total. The van der Waals surface area contributed by atoms with E-state index in [1.165, 1.54) is 31.5 Å². The van der Waals surface area contributed by atoms with Crippen LogP contribution in [-0.4, -0.2) is 18.1 Å². The van der Waals surface area contributed by atoms with Crippen molar-refractivity contribution in [3.05, 3.63) is 47.7 Å². The fourth-order valence-corrected chi connectivity index (χ4v) is 1.74. The molecule has 0 atom stereocenters. The van der Waals surface area contributed by atoms with Crippen LogP contribution in [0.2, 0.25) is 0 Å². The van der Waals surface area contributed by atoms with Gasteiger partial charge in [-0.1, -0.05) is 12.1 Å². The van der Waals surface area contributed by atoms with Crippen LogP contribution in [0.5, 0.6) is 0 Å². The number of nitrogen functional groups attached to an aromatic ring is 1. The molecular formula is C13H10F2N2O2. The lowest BCUT2D eigenvalue weighted by Crippen LogP contribution is -2.08. The van der Waals surface area contributed by atoms with Crippen molar-refractivity contribution in [3.8, 4) is 11.1 Å². The average molecular weight is 264 g/mol. The van der Waals surface area contributed by atoms with Gasteiger partial charge in [0.25, 0.3) is 0 Å². The first kappa shape index (κ1) is 12.9. The molecule has 4 nitrogen and oxygen atoms in total. The number of aromatic nitrogens is 1. The van der Waals surface area contributed by atoms with Gasteiger partial charge in [0.05, 0.1) is 12.7 Å². The third-order valence-electron chi connectivity index (χ3n) is 2.61. The molecule has 6 heteroatoms. The van der Waals surface area contributed by atoms with Crippen molar-refractivity contribution in [2.24, 2.45) is 0 Å². The fraction of sp³-hybridized carbons (Fsp3) is 0.0769. The van der Waals surface area contributed by atoms with Gasteiger partial charge in [0.1, 0.15) is 5.82 Å². The molecule has 0 spiro atoms. The van der Waals surface area contributed by atoms with Gasteiger partial charge in [-0.05, 0) is 12.1 Å². The molecule has 1 aromatic heterocycles. The SMILES string of the molecule is COC(=O)c1ccnc(N)c1-c1cccc(F)c1F. The number of pyridine rings is 1. The van der Waals surface area contributed by atoms with Gasteiger partial charge in [-0.2, -0.15) is 0 Å². The lowest BCUT2D eigenvalue weighted by atomic mass is 10.00. The van der Waals surface area contributed by atoms with E-state index in [2.05, 4.69) is 9.72 Å². The van der Waals surface area contributed by atoms with E-state index in [0.717, 1.165) is 6.07 Å². The number of ether oxygens (including phenoxy) is 1. The number of halogens is 2. The summed E-state index contributed by atoms with van der Waals surface area (Å²) in [6.07, 6.45) is 1.29. The molecule has 1 heterocycles. The molecule has 0 radical (unpaired) electrons. The van der Waals surface area contributed by atoms with Gasteiger partial charge in [0.2, 0.25) is 0 Å². The standard InChI is InChI=1S/C13H10F2N2O2/c1-19-13(18)8-5-6-17-12(16)10(8)7-3-2-4-9(14)11(7)15/h2-6H,1H3,(H2,16,17). The van der Waals surface area contributed by atoms with Crippen LogP contribution >= 0.6 is 0 Å². The Balaban J connectivity index is 2.74. The second kappa shape index (κ2) is 5.01. The zero-order valence-electron chi connectivity index (χ0n) is 9.98. The number of carbonyl (C=O) groups is 1. The van der Waals surface area contributed by atoms with Crippen LogP contribution in [0.4, 0.5) is 14.6 Å². The molecule has 0 aliphatic rings. The van der Waals surface area contributed by atoms with Crippen LogP contribution in [0.15, 0.2) is 30.5 Å². The van der Waals surface area contributed by atoms with Gasteiger partial charge in [-0.25, -0.2) is 18.6 Å². The van der Waals surface area contributed by atoms with E-state index >= 15 is 0 Å². The molecule has 0 amide bonds. The van der Waals surface area contributed by atoms with E-state index in [9.17, 15) is 13.6 Å². The van der Waals surface area contributed by atoms with Crippen molar-refractivity contribution in [1.82, 2.24) is 4.98 Å². The number of hydrogen-bond donors (Lipinski definition) is 1. The van der Waals surface area contributed by atoms with Crippen LogP contribution in [0.1, 0.15) is 10.4 Å². The first-order valence-electron chi connectivity index (χ1n) is 5.33. The van der Waals surface area contributed by atoms with Gasteiger partial charge < -0.3 is 10.5 Å². The minimum Gasteiger partial charge on any atom is -0.465 e. The minimum atomic E-state index is -1.09. The van der Waals surface area contributed by atoms with Crippen LogP contribution in [-0.2, 0) is 4.74 Å². The predicted octanol–water partition coefficient (Wildman–Crippen LogP) is 2.40. The number of rotatable bonds is 2. The topological polar surface area (TPSA) is 65.2 Å². The third kappa shape index (κ3) is 2.24. The largest absolute Gasteiger partial charge is 0.465 e. The molecule has 19 heavy (non-hydrogen) atoms. The number of carbonyl (C=O) groups excluding carboxylic acids is 1. The van der Waals surface area contributed by atoms with E-state index in [0.29, 0.717) is 0 Å². The minimum absolute atomic E-state index is 0.0198. The summed E-state index contributed by atoms with van der Waals surface area (Å²) in [5, 5.41) is 0. The van der Waals surface area contributed by atoms with Gasteiger partial charge in [0.15, 0.2) is 11.6 Å². The summed E-state index contributed by atoms with van der Waals surface area (Å²) < 4.78 is 31.6. The Kier molecular flexibility index (Phi) is 3.41. The number of hydrogen-bond acceptors (Lipinski definition) is 4. The lowest BCUT2D eigenvalue weighted by molar-refractivity contribution is 0.0601. The number of nitrogens with zero attached hydrogens (tertiary/aromatic N) is 1. The zero-order valence-corrected chi connectivity index (χ0v) is 9.98. The maximum Gasteiger partial charge on any atom is 0.338 e. The first-order valence-corrected chi connectivity index (χ1v) is 5.33. The molecule has 0 saturated carbocycles. The highest BCUT2D eigenvalue weighted by Crippen LogP contribution is 2.31. The second-order valence-electron chi connectivity index (χ2n) is 3.71. The molecule has 0 saturated heterocycles. The van der Waals surface area contributed by atoms with Crippen LogP contribution < -0.4 is 5.73 Å². The van der Waals surface area contributed by atoms with Crippen LogP contribution in [0.3, 0.4) is 0 Å². The van der Waals surface area contributed by atoms with E-state index in [1.807, 2.05) is 0 Å². The molecule has 98 valence electrons. The Morgan fingerprint density at radius 2 is 2.05 bits per heavy atom. The maximum atomic E-state index is 13.8. The van der Waals surface area contributed by atoms with Crippen LogP contribution in [0, 0.1) is 11.6 Å². The van der Waals surface area contributed by atoms with Crippen molar-refractivity contribution < 1.29 is 18.3 Å². The van der Waals surface area contributed by atoms with Crippen molar-refractivity contribution in [3.63, 3.8) is 0 Å². The van der Waals surface area contributed by atoms with Crippen molar-refractivity contribution in [2.45, 2.75) is 0 Å². The Hall–Kier alpha value is -2.50. The Labute approximate surface area is 107 Å². The van der Waals surface area contributed by atoms with E-state index < -0.39 is 17.6 Å². The molecular weight excluding hydrogens is 254 g/mol.